The van der Waals surface area contributed by atoms with Gasteiger partial charge in [-0.3, -0.25) is 4.79 Å². The van der Waals surface area contributed by atoms with Gasteiger partial charge in [-0.25, -0.2) is 0 Å². The van der Waals surface area contributed by atoms with E-state index in [4.69, 9.17) is 4.74 Å². The molecule has 0 aromatic carbocycles. The van der Waals surface area contributed by atoms with Crippen LogP contribution in [0.4, 0.5) is 0 Å². The summed E-state index contributed by atoms with van der Waals surface area (Å²) < 4.78 is 4.75. The molecule has 0 spiro atoms. The highest BCUT2D eigenvalue weighted by molar-refractivity contribution is 5.73. The first-order valence-electron chi connectivity index (χ1n) is 6.83. The Bertz CT molecular complexity index is 252. The number of rotatable bonds is 4. The van der Waals surface area contributed by atoms with Crippen LogP contribution < -0.4 is 0 Å². The first kappa shape index (κ1) is 14.5. The molecule has 3 heteroatoms. The maximum absolute atomic E-state index is 11.6. The molecule has 0 amide bonds. The first-order valence-corrected chi connectivity index (χ1v) is 6.83. The molecule has 3 unspecified atom stereocenters. The first-order chi connectivity index (χ1) is 8.03. The van der Waals surface area contributed by atoms with Crippen LogP contribution in [0.15, 0.2) is 0 Å². The molecule has 100 valence electrons. The van der Waals surface area contributed by atoms with Crippen molar-refractivity contribution >= 4 is 5.97 Å². The molecule has 0 aromatic rings. The predicted molar refractivity (Wildman–Crippen MR) is 67.6 cm³/mol. The lowest BCUT2D eigenvalue weighted by Gasteiger charge is -2.31. The minimum absolute atomic E-state index is 0.290. The quantitative estimate of drug-likeness (QED) is 0.609. The van der Waals surface area contributed by atoms with Gasteiger partial charge < -0.3 is 9.84 Å². The molecule has 0 aliphatic heterocycles. The average molecular weight is 242 g/mol. The molecule has 1 aliphatic rings. The largest absolute Gasteiger partial charge is 0.469 e. The van der Waals surface area contributed by atoms with Gasteiger partial charge in [-0.15, -0.1) is 0 Å². The summed E-state index contributed by atoms with van der Waals surface area (Å²) in [5.74, 6) is 0.0215. The lowest BCUT2D eigenvalue weighted by atomic mass is 9.82. The zero-order valence-electron chi connectivity index (χ0n) is 11.4. The van der Waals surface area contributed by atoms with Gasteiger partial charge in [0.15, 0.2) is 0 Å². The fourth-order valence-electron chi connectivity index (χ4n) is 2.95. The Balaban J connectivity index is 2.61. The van der Waals surface area contributed by atoms with Crippen LogP contribution in [0.5, 0.6) is 0 Å². The van der Waals surface area contributed by atoms with E-state index in [9.17, 15) is 9.90 Å². The summed E-state index contributed by atoms with van der Waals surface area (Å²) in [6.45, 7) is 3.99. The maximum Gasteiger partial charge on any atom is 0.311 e. The van der Waals surface area contributed by atoms with E-state index in [1.807, 2.05) is 0 Å². The summed E-state index contributed by atoms with van der Waals surface area (Å²) in [6, 6.07) is 0. The zero-order valence-corrected chi connectivity index (χ0v) is 11.4. The SMILES string of the molecule is CCCC1CCCC(O)(C(C)C(=O)OC)CC1. The van der Waals surface area contributed by atoms with Crippen molar-refractivity contribution in [3.63, 3.8) is 0 Å². The summed E-state index contributed by atoms with van der Waals surface area (Å²) in [5.41, 5.74) is -0.852. The van der Waals surface area contributed by atoms with Crippen molar-refractivity contribution in [2.45, 2.75) is 64.4 Å². The molecule has 3 atom stereocenters. The van der Waals surface area contributed by atoms with Crippen LogP contribution in [0.25, 0.3) is 0 Å². The Morgan fingerprint density at radius 3 is 2.76 bits per heavy atom. The summed E-state index contributed by atoms with van der Waals surface area (Å²) in [7, 11) is 1.39. The van der Waals surface area contributed by atoms with Crippen LogP contribution >= 0.6 is 0 Å². The Morgan fingerprint density at radius 1 is 1.47 bits per heavy atom. The van der Waals surface area contributed by atoms with Crippen LogP contribution in [0, 0.1) is 11.8 Å². The van der Waals surface area contributed by atoms with Gasteiger partial charge in [0.2, 0.25) is 0 Å². The fraction of sp³-hybridized carbons (Fsp3) is 0.929. The van der Waals surface area contributed by atoms with E-state index >= 15 is 0 Å². The Labute approximate surface area is 105 Å². The highest BCUT2D eigenvalue weighted by Gasteiger charge is 2.40. The number of carbonyl (C=O) groups excluding carboxylic acids is 1. The van der Waals surface area contributed by atoms with Gasteiger partial charge >= 0.3 is 5.97 Å². The second kappa shape index (κ2) is 6.39. The van der Waals surface area contributed by atoms with Gasteiger partial charge in [-0.2, -0.15) is 0 Å². The summed E-state index contributed by atoms with van der Waals surface area (Å²) in [4.78, 5) is 11.6. The van der Waals surface area contributed by atoms with E-state index in [0.29, 0.717) is 0 Å². The van der Waals surface area contributed by atoms with E-state index < -0.39 is 11.5 Å². The molecule has 17 heavy (non-hydrogen) atoms. The number of methoxy groups -OCH3 is 1. The van der Waals surface area contributed by atoms with Gasteiger partial charge in [0.25, 0.3) is 0 Å². The van der Waals surface area contributed by atoms with E-state index in [-0.39, 0.29) is 5.97 Å². The lowest BCUT2D eigenvalue weighted by molar-refractivity contribution is -0.155. The third-order valence-corrected chi connectivity index (χ3v) is 4.27. The average Bonchev–Trinajstić information content (AvgIpc) is 2.51. The third-order valence-electron chi connectivity index (χ3n) is 4.27. The standard InChI is InChI=1S/C14H26O3/c1-4-6-12-7-5-9-14(16,10-8-12)11(2)13(15)17-3/h11-12,16H,4-10H2,1-3H3. The highest BCUT2D eigenvalue weighted by atomic mass is 16.5. The maximum atomic E-state index is 11.6. The van der Waals surface area contributed by atoms with Crippen molar-refractivity contribution in [3.05, 3.63) is 0 Å². The fourth-order valence-corrected chi connectivity index (χ4v) is 2.95. The minimum Gasteiger partial charge on any atom is -0.469 e. The van der Waals surface area contributed by atoms with Crippen molar-refractivity contribution in [1.29, 1.82) is 0 Å². The normalized spacial score (nSPS) is 31.6. The molecule has 1 rings (SSSR count). The number of hydrogen-bond acceptors (Lipinski definition) is 3. The Kier molecular flexibility index (Phi) is 5.44. The van der Waals surface area contributed by atoms with Crippen LogP contribution in [-0.2, 0) is 9.53 Å². The van der Waals surface area contributed by atoms with Crippen LogP contribution in [0.3, 0.4) is 0 Å². The van der Waals surface area contributed by atoms with E-state index in [1.165, 1.54) is 26.4 Å². The molecule has 0 radical (unpaired) electrons. The zero-order chi connectivity index (χ0) is 12.9. The molecule has 0 saturated heterocycles. The van der Waals surface area contributed by atoms with E-state index in [0.717, 1.165) is 31.6 Å². The van der Waals surface area contributed by atoms with Gasteiger partial charge in [-0.1, -0.05) is 32.6 Å². The molecule has 1 fully saturated rings. The lowest BCUT2D eigenvalue weighted by Crippen LogP contribution is -2.40. The monoisotopic (exact) mass is 242 g/mol. The third kappa shape index (κ3) is 3.70. The van der Waals surface area contributed by atoms with Gasteiger partial charge in [-0.05, 0) is 32.1 Å². The number of aliphatic hydroxyl groups is 1. The van der Waals surface area contributed by atoms with Crippen LogP contribution in [-0.4, -0.2) is 23.8 Å². The van der Waals surface area contributed by atoms with E-state index in [2.05, 4.69) is 6.92 Å². The van der Waals surface area contributed by atoms with Crippen molar-refractivity contribution < 1.29 is 14.6 Å². The molecule has 0 heterocycles. The number of esters is 1. The van der Waals surface area contributed by atoms with Crippen molar-refractivity contribution in [2.24, 2.45) is 11.8 Å². The summed E-state index contributed by atoms with van der Waals surface area (Å²) in [6.07, 6.45) is 7.13. The Morgan fingerprint density at radius 2 is 2.18 bits per heavy atom. The smallest absolute Gasteiger partial charge is 0.311 e. The molecule has 1 N–H and O–H groups in total. The van der Waals surface area contributed by atoms with Crippen LogP contribution in [0.2, 0.25) is 0 Å². The Hall–Kier alpha value is -0.570. The van der Waals surface area contributed by atoms with Crippen molar-refractivity contribution in [3.8, 4) is 0 Å². The second-order valence-corrected chi connectivity index (χ2v) is 5.43. The summed E-state index contributed by atoms with van der Waals surface area (Å²) in [5, 5.41) is 10.6. The highest BCUT2D eigenvalue weighted by Crippen LogP contribution is 2.37. The molecule has 1 aliphatic carbocycles. The number of hydrogen-bond donors (Lipinski definition) is 1. The minimum atomic E-state index is -0.852. The van der Waals surface area contributed by atoms with E-state index in [1.54, 1.807) is 6.92 Å². The van der Waals surface area contributed by atoms with Gasteiger partial charge in [0.05, 0.1) is 18.6 Å². The number of carbonyl (C=O) groups is 1. The molecular formula is C14H26O3. The summed E-state index contributed by atoms with van der Waals surface area (Å²) >= 11 is 0. The number of ether oxygens (including phenoxy) is 1. The van der Waals surface area contributed by atoms with Gasteiger partial charge in [0, 0.05) is 0 Å². The van der Waals surface area contributed by atoms with Crippen LogP contribution in [0.1, 0.15) is 58.8 Å². The molecular weight excluding hydrogens is 216 g/mol. The predicted octanol–water partition coefficient (Wildman–Crippen LogP) is 2.91. The van der Waals surface area contributed by atoms with Crippen molar-refractivity contribution in [2.75, 3.05) is 7.11 Å². The van der Waals surface area contributed by atoms with Crippen molar-refractivity contribution in [1.82, 2.24) is 0 Å². The van der Waals surface area contributed by atoms with Gasteiger partial charge in [0.1, 0.15) is 0 Å². The molecule has 0 aromatic heterocycles. The topological polar surface area (TPSA) is 46.5 Å². The molecule has 1 saturated carbocycles. The molecule has 0 bridgehead atoms. The second-order valence-electron chi connectivity index (χ2n) is 5.43. The molecule has 3 nitrogen and oxygen atoms in total.